The Labute approximate surface area is 146 Å². The lowest BCUT2D eigenvalue weighted by molar-refractivity contribution is 0.340. The van der Waals surface area contributed by atoms with Crippen LogP contribution in [0.3, 0.4) is 0 Å². The van der Waals surface area contributed by atoms with Crippen molar-refractivity contribution in [3.8, 4) is 5.75 Å². The Morgan fingerprint density at radius 2 is 2.00 bits per heavy atom. The van der Waals surface area contributed by atoms with Crippen LogP contribution in [-0.2, 0) is 29.4 Å². The molecule has 1 N–H and O–H groups in total. The van der Waals surface area contributed by atoms with E-state index in [0.29, 0.717) is 5.75 Å². The Morgan fingerprint density at radius 3 is 2.80 bits per heavy atom. The summed E-state index contributed by atoms with van der Waals surface area (Å²) in [5.41, 5.74) is 1.77. The van der Waals surface area contributed by atoms with Gasteiger partial charge in [-0.05, 0) is 37.0 Å². The average molecular weight is 363 g/mol. The summed E-state index contributed by atoms with van der Waals surface area (Å²) in [5, 5.41) is 4.32. The van der Waals surface area contributed by atoms with Crippen LogP contribution in [0.2, 0.25) is 0 Å². The third kappa shape index (κ3) is 4.90. The van der Waals surface area contributed by atoms with Crippen molar-refractivity contribution < 1.29 is 13.2 Å². The maximum atomic E-state index is 12.0. The van der Waals surface area contributed by atoms with E-state index in [1.807, 2.05) is 18.2 Å². The minimum absolute atomic E-state index is 0.0659. The number of hydrogen-bond donors (Lipinski definition) is 1. The summed E-state index contributed by atoms with van der Waals surface area (Å²) < 4.78 is 33.2. The maximum Gasteiger partial charge on any atom is 0.267 e. The highest BCUT2D eigenvalue weighted by Gasteiger charge is 2.15. The molecule has 0 spiro atoms. The Balaban J connectivity index is 1.47. The highest BCUT2D eigenvalue weighted by molar-refractivity contribution is 7.89. The van der Waals surface area contributed by atoms with Crippen molar-refractivity contribution >= 4 is 10.0 Å². The van der Waals surface area contributed by atoms with Crippen molar-refractivity contribution in [3.05, 3.63) is 58.0 Å². The zero-order chi connectivity index (χ0) is 17.7. The molecule has 134 valence electrons. The predicted molar refractivity (Wildman–Crippen MR) is 94.2 cm³/mol. The van der Waals surface area contributed by atoms with Gasteiger partial charge < -0.3 is 4.74 Å². The number of nitrogens with one attached hydrogen (secondary N) is 1. The van der Waals surface area contributed by atoms with E-state index in [1.165, 1.54) is 4.68 Å². The number of nitrogens with zero attached hydrogens (tertiary/aromatic N) is 2. The molecule has 0 bridgehead atoms. The zero-order valence-corrected chi connectivity index (χ0v) is 14.7. The largest absolute Gasteiger partial charge is 0.492 e. The standard InChI is InChI=1S/C17H21N3O4S/c21-17-13-14-5-4-8-16(14)19-20(17)10-9-18-25(22,23)12-11-24-15-6-2-1-3-7-15/h1-3,6-7,13,18H,4-5,8-12H2. The summed E-state index contributed by atoms with van der Waals surface area (Å²) in [6, 6.07) is 10.7. The predicted octanol–water partition coefficient (Wildman–Crippen LogP) is 0.730. The monoisotopic (exact) mass is 363 g/mol. The van der Waals surface area contributed by atoms with Crippen molar-refractivity contribution in [2.45, 2.75) is 25.8 Å². The van der Waals surface area contributed by atoms with Gasteiger partial charge in [0.05, 0.1) is 18.0 Å². The van der Waals surface area contributed by atoms with Crippen LogP contribution in [0.15, 0.2) is 41.2 Å². The van der Waals surface area contributed by atoms with E-state index in [2.05, 4.69) is 9.82 Å². The molecule has 0 radical (unpaired) electrons. The minimum atomic E-state index is -3.46. The molecule has 3 rings (SSSR count). The van der Waals surface area contributed by atoms with Gasteiger partial charge in [-0.1, -0.05) is 18.2 Å². The van der Waals surface area contributed by atoms with Gasteiger partial charge in [0.2, 0.25) is 10.0 Å². The van der Waals surface area contributed by atoms with Gasteiger partial charge in [0.25, 0.3) is 5.56 Å². The Morgan fingerprint density at radius 1 is 1.20 bits per heavy atom. The van der Waals surface area contributed by atoms with Gasteiger partial charge in [0.1, 0.15) is 12.4 Å². The maximum absolute atomic E-state index is 12.0. The molecule has 1 aromatic heterocycles. The van der Waals surface area contributed by atoms with Crippen molar-refractivity contribution in [2.24, 2.45) is 0 Å². The highest BCUT2D eigenvalue weighted by Crippen LogP contribution is 2.16. The average Bonchev–Trinajstić information content (AvgIpc) is 3.03. The Hall–Kier alpha value is -2.19. The lowest BCUT2D eigenvalue weighted by Gasteiger charge is -2.10. The van der Waals surface area contributed by atoms with Crippen molar-refractivity contribution in [2.75, 3.05) is 18.9 Å². The lowest BCUT2D eigenvalue weighted by Crippen LogP contribution is -2.34. The molecule has 0 saturated heterocycles. The number of hydrogen-bond acceptors (Lipinski definition) is 5. The first kappa shape index (κ1) is 17.6. The second kappa shape index (κ2) is 7.79. The molecule has 1 aliphatic carbocycles. The Bertz CT molecular complexity index is 879. The molecule has 0 aliphatic heterocycles. The van der Waals surface area contributed by atoms with Gasteiger partial charge in [-0.3, -0.25) is 4.79 Å². The van der Waals surface area contributed by atoms with Crippen LogP contribution in [0, 0.1) is 0 Å². The number of fused-ring (bicyclic) bond motifs is 1. The normalized spacial score (nSPS) is 13.6. The van der Waals surface area contributed by atoms with Crippen LogP contribution in [-0.4, -0.2) is 37.1 Å². The number of aryl methyl sites for hydroxylation is 2. The van der Waals surface area contributed by atoms with E-state index in [-0.39, 0.29) is 31.0 Å². The smallest absolute Gasteiger partial charge is 0.267 e. The van der Waals surface area contributed by atoms with Crippen molar-refractivity contribution in [1.29, 1.82) is 0 Å². The molecule has 2 aromatic rings. The molecular formula is C17H21N3O4S. The van der Waals surface area contributed by atoms with Crippen LogP contribution in [0.5, 0.6) is 5.75 Å². The van der Waals surface area contributed by atoms with Gasteiger partial charge in [-0.15, -0.1) is 0 Å². The third-order valence-corrected chi connectivity index (χ3v) is 5.38. The number of benzene rings is 1. The second-order valence-electron chi connectivity index (χ2n) is 5.91. The van der Waals surface area contributed by atoms with Gasteiger partial charge in [0.15, 0.2) is 0 Å². The molecular weight excluding hydrogens is 342 g/mol. The van der Waals surface area contributed by atoms with Crippen LogP contribution >= 0.6 is 0 Å². The third-order valence-electron chi connectivity index (χ3n) is 4.03. The lowest BCUT2D eigenvalue weighted by atomic mass is 10.2. The first-order valence-electron chi connectivity index (χ1n) is 8.29. The number of para-hydroxylation sites is 1. The molecule has 0 atom stereocenters. The van der Waals surface area contributed by atoms with Gasteiger partial charge in [-0.25, -0.2) is 17.8 Å². The number of ether oxygens (including phenoxy) is 1. The summed E-state index contributed by atoms with van der Waals surface area (Å²) in [4.78, 5) is 12.0. The fourth-order valence-electron chi connectivity index (χ4n) is 2.76. The minimum Gasteiger partial charge on any atom is -0.492 e. The molecule has 25 heavy (non-hydrogen) atoms. The molecule has 8 heteroatoms. The number of sulfonamides is 1. The van der Waals surface area contributed by atoms with Crippen LogP contribution < -0.4 is 15.0 Å². The van der Waals surface area contributed by atoms with Gasteiger partial charge >= 0.3 is 0 Å². The van der Waals surface area contributed by atoms with Gasteiger partial charge in [0, 0.05) is 12.6 Å². The summed E-state index contributed by atoms with van der Waals surface area (Å²) in [7, 11) is -3.46. The summed E-state index contributed by atoms with van der Waals surface area (Å²) in [6.07, 6.45) is 2.78. The fourth-order valence-corrected chi connectivity index (χ4v) is 3.61. The Kier molecular flexibility index (Phi) is 5.50. The van der Waals surface area contributed by atoms with Crippen LogP contribution in [0.4, 0.5) is 0 Å². The van der Waals surface area contributed by atoms with E-state index in [9.17, 15) is 13.2 Å². The molecule has 1 aliphatic rings. The van der Waals surface area contributed by atoms with Crippen LogP contribution in [0.25, 0.3) is 0 Å². The molecule has 0 fully saturated rings. The van der Waals surface area contributed by atoms with E-state index >= 15 is 0 Å². The van der Waals surface area contributed by atoms with E-state index in [1.54, 1.807) is 18.2 Å². The SMILES string of the molecule is O=c1cc2c(nn1CCNS(=O)(=O)CCOc1ccccc1)CCC2. The number of aromatic nitrogens is 2. The molecule has 0 saturated carbocycles. The first-order valence-corrected chi connectivity index (χ1v) is 9.94. The molecule has 7 nitrogen and oxygen atoms in total. The topological polar surface area (TPSA) is 90.3 Å². The summed E-state index contributed by atoms with van der Waals surface area (Å²) in [5.74, 6) is 0.487. The highest BCUT2D eigenvalue weighted by atomic mass is 32.2. The van der Waals surface area contributed by atoms with E-state index in [4.69, 9.17) is 4.74 Å². The van der Waals surface area contributed by atoms with E-state index in [0.717, 1.165) is 30.5 Å². The molecule has 1 heterocycles. The van der Waals surface area contributed by atoms with Crippen molar-refractivity contribution in [1.82, 2.24) is 14.5 Å². The van der Waals surface area contributed by atoms with Crippen molar-refractivity contribution in [3.63, 3.8) is 0 Å². The summed E-state index contributed by atoms with van der Waals surface area (Å²) in [6.45, 7) is 0.403. The number of rotatable bonds is 8. The van der Waals surface area contributed by atoms with E-state index < -0.39 is 10.0 Å². The van der Waals surface area contributed by atoms with Gasteiger partial charge in [-0.2, -0.15) is 5.10 Å². The molecule has 1 aromatic carbocycles. The molecule has 0 unspecified atom stereocenters. The zero-order valence-electron chi connectivity index (χ0n) is 13.8. The molecule has 0 amide bonds. The second-order valence-corrected chi connectivity index (χ2v) is 7.83. The van der Waals surface area contributed by atoms with Crippen LogP contribution in [0.1, 0.15) is 17.7 Å². The fraction of sp³-hybridized carbons (Fsp3) is 0.412. The first-order chi connectivity index (χ1) is 12.0. The summed E-state index contributed by atoms with van der Waals surface area (Å²) >= 11 is 0. The quantitative estimate of drug-likeness (QED) is 0.747.